The van der Waals surface area contributed by atoms with Crippen LogP contribution in [0.4, 0.5) is 20.3 Å². The number of nitrogens with zero attached hydrogens (tertiary/aromatic N) is 1. The number of nitrogens with one attached hydrogen (secondary N) is 1. The van der Waals surface area contributed by atoms with Crippen molar-refractivity contribution >= 4 is 23.7 Å². The van der Waals surface area contributed by atoms with Crippen molar-refractivity contribution in [3.63, 3.8) is 0 Å². The molecule has 0 spiro atoms. The maximum Gasteiger partial charge on any atom is 0.231 e. The normalized spacial score (nSPS) is 11.7. The van der Waals surface area contributed by atoms with Gasteiger partial charge >= 0.3 is 0 Å². The van der Waals surface area contributed by atoms with Gasteiger partial charge in [0, 0.05) is 23.5 Å². The molecule has 0 bridgehead atoms. The molecule has 0 saturated carbocycles. The van der Waals surface area contributed by atoms with Gasteiger partial charge in [-0.2, -0.15) is 0 Å². The SMILES string of the molecule is Cc1cc(NC(=O)C(C)c2cc(F)cc(F)c2)ccc1-c1cnc(N)c(C=O)c1. The molecule has 3 N–H and O–H groups in total. The number of rotatable bonds is 5. The molecule has 5 nitrogen and oxygen atoms in total. The minimum Gasteiger partial charge on any atom is -0.383 e. The average Bonchev–Trinajstić information content (AvgIpc) is 2.67. The lowest BCUT2D eigenvalue weighted by Gasteiger charge is -2.15. The minimum absolute atomic E-state index is 0.160. The minimum atomic E-state index is -0.739. The summed E-state index contributed by atoms with van der Waals surface area (Å²) < 4.78 is 26.8. The highest BCUT2D eigenvalue weighted by atomic mass is 19.1. The number of anilines is 2. The Morgan fingerprint density at radius 1 is 1.14 bits per heavy atom. The van der Waals surface area contributed by atoms with Gasteiger partial charge in [-0.1, -0.05) is 6.07 Å². The van der Waals surface area contributed by atoms with E-state index in [9.17, 15) is 18.4 Å². The molecule has 3 rings (SSSR count). The monoisotopic (exact) mass is 395 g/mol. The molecule has 0 aliphatic rings. The van der Waals surface area contributed by atoms with E-state index in [4.69, 9.17) is 5.73 Å². The predicted molar refractivity (Wildman–Crippen MR) is 108 cm³/mol. The van der Waals surface area contributed by atoms with Crippen molar-refractivity contribution in [2.45, 2.75) is 19.8 Å². The Kier molecular flexibility index (Phi) is 5.68. The van der Waals surface area contributed by atoms with E-state index in [0.29, 0.717) is 17.5 Å². The van der Waals surface area contributed by atoms with Gasteiger partial charge in [0.25, 0.3) is 0 Å². The molecule has 1 atom stereocenters. The highest BCUT2D eigenvalue weighted by Crippen LogP contribution is 2.28. The first-order valence-electron chi connectivity index (χ1n) is 8.87. The summed E-state index contributed by atoms with van der Waals surface area (Å²) in [6.07, 6.45) is 2.22. The number of aryl methyl sites for hydroxylation is 1. The number of hydrogen-bond donors (Lipinski definition) is 2. The van der Waals surface area contributed by atoms with Crippen LogP contribution in [0.25, 0.3) is 11.1 Å². The summed E-state index contributed by atoms with van der Waals surface area (Å²) >= 11 is 0. The number of nitrogens with two attached hydrogens (primary N) is 1. The Labute approximate surface area is 166 Å². The second-order valence-corrected chi connectivity index (χ2v) is 6.76. The Hall–Kier alpha value is -3.61. The smallest absolute Gasteiger partial charge is 0.231 e. The molecule has 148 valence electrons. The van der Waals surface area contributed by atoms with Crippen molar-refractivity contribution < 1.29 is 18.4 Å². The number of hydrogen-bond acceptors (Lipinski definition) is 4. The predicted octanol–water partition coefficient (Wildman–Crippen LogP) is 4.47. The molecule has 0 radical (unpaired) electrons. The van der Waals surface area contributed by atoms with Crippen LogP contribution in [0.1, 0.15) is 34.3 Å². The Morgan fingerprint density at radius 2 is 1.83 bits per heavy atom. The molecule has 2 aromatic carbocycles. The quantitative estimate of drug-likeness (QED) is 0.624. The summed E-state index contributed by atoms with van der Waals surface area (Å²) in [6, 6.07) is 9.95. The summed E-state index contributed by atoms with van der Waals surface area (Å²) in [5.74, 6) is -2.43. The summed E-state index contributed by atoms with van der Waals surface area (Å²) in [4.78, 5) is 27.6. The fourth-order valence-electron chi connectivity index (χ4n) is 3.03. The van der Waals surface area contributed by atoms with E-state index in [1.165, 1.54) is 0 Å². The maximum absolute atomic E-state index is 13.4. The van der Waals surface area contributed by atoms with Crippen LogP contribution in [0.2, 0.25) is 0 Å². The molecule has 7 heteroatoms. The first-order chi connectivity index (χ1) is 13.8. The highest BCUT2D eigenvalue weighted by Gasteiger charge is 2.18. The molecule has 0 fully saturated rings. The summed E-state index contributed by atoms with van der Waals surface area (Å²) in [5, 5.41) is 2.75. The highest BCUT2D eigenvalue weighted by molar-refractivity contribution is 5.96. The van der Waals surface area contributed by atoms with Crippen molar-refractivity contribution in [3.8, 4) is 11.1 Å². The van der Waals surface area contributed by atoms with Gasteiger partial charge in [-0.05, 0) is 60.9 Å². The van der Waals surface area contributed by atoms with Gasteiger partial charge in [0.05, 0.1) is 11.5 Å². The number of carbonyl (C=O) groups is 2. The fraction of sp³-hybridized carbons (Fsp3) is 0.136. The Bertz CT molecular complexity index is 1080. The van der Waals surface area contributed by atoms with Crippen molar-refractivity contribution in [1.82, 2.24) is 4.98 Å². The first kappa shape index (κ1) is 20.1. The lowest BCUT2D eigenvalue weighted by Crippen LogP contribution is -2.19. The molecule has 0 aliphatic carbocycles. The largest absolute Gasteiger partial charge is 0.383 e. The van der Waals surface area contributed by atoms with Crippen LogP contribution in [0.15, 0.2) is 48.7 Å². The van der Waals surface area contributed by atoms with Crippen LogP contribution in [0, 0.1) is 18.6 Å². The molecule has 0 saturated heterocycles. The molecular formula is C22H19F2N3O2. The van der Waals surface area contributed by atoms with Gasteiger partial charge in [-0.3, -0.25) is 9.59 Å². The van der Waals surface area contributed by atoms with Crippen molar-refractivity contribution in [3.05, 3.63) is 77.0 Å². The summed E-state index contributed by atoms with van der Waals surface area (Å²) in [5.41, 5.74) is 9.15. The topological polar surface area (TPSA) is 85.1 Å². The van der Waals surface area contributed by atoms with Gasteiger partial charge in [-0.15, -0.1) is 0 Å². The summed E-state index contributed by atoms with van der Waals surface area (Å²) in [7, 11) is 0. The zero-order valence-corrected chi connectivity index (χ0v) is 15.9. The number of amides is 1. The van der Waals surface area contributed by atoms with Crippen molar-refractivity contribution in [1.29, 1.82) is 0 Å². The number of benzene rings is 2. The molecular weight excluding hydrogens is 376 g/mol. The number of aldehydes is 1. The van der Waals surface area contributed by atoms with Gasteiger partial charge in [0.15, 0.2) is 6.29 Å². The van der Waals surface area contributed by atoms with E-state index in [2.05, 4.69) is 10.3 Å². The van der Waals surface area contributed by atoms with E-state index in [0.717, 1.165) is 34.9 Å². The van der Waals surface area contributed by atoms with Crippen LogP contribution >= 0.6 is 0 Å². The maximum atomic E-state index is 13.4. The molecule has 3 aromatic rings. The lowest BCUT2D eigenvalue weighted by atomic mass is 9.98. The molecule has 1 heterocycles. The summed E-state index contributed by atoms with van der Waals surface area (Å²) in [6.45, 7) is 3.43. The number of halogens is 2. The fourth-order valence-corrected chi connectivity index (χ4v) is 3.03. The van der Waals surface area contributed by atoms with Crippen molar-refractivity contribution in [2.75, 3.05) is 11.1 Å². The zero-order chi connectivity index (χ0) is 21.1. The number of nitrogen functional groups attached to an aromatic ring is 1. The molecule has 1 aromatic heterocycles. The van der Waals surface area contributed by atoms with E-state index in [1.807, 2.05) is 6.92 Å². The van der Waals surface area contributed by atoms with Crippen LogP contribution in [0.3, 0.4) is 0 Å². The van der Waals surface area contributed by atoms with Crippen LogP contribution in [-0.4, -0.2) is 17.2 Å². The van der Waals surface area contributed by atoms with Gasteiger partial charge in [0.2, 0.25) is 5.91 Å². The average molecular weight is 395 g/mol. The van der Waals surface area contributed by atoms with E-state index < -0.39 is 17.6 Å². The molecule has 29 heavy (non-hydrogen) atoms. The Balaban J connectivity index is 1.81. The number of carbonyl (C=O) groups excluding carboxylic acids is 2. The third kappa shape index (κ3) is 4.45. The third-order valence-corrected chi connectivity index (χ3v) is 4.66. The third-order valence-electron chi connectivity index (χ3n) is 4.66. The van der Waals surface area contributed by atoms with E-state index >= 15 is 0 Å². The molecule has 1 unspecified atom stereocenters. The van der Waals surface area contributed by atoms with Crippen LogP contribution < -0.4 is 11.1 Å². The second kappa shape index (κ2) is 8.18. The van der Waals surface area contributed by atoms with Crippen LogP contribution in [-0.2, 0) is 4.79 Å². The van der Waals surface area contributed by atoms with E-state index in [1.54, 1.807) is 37.4 Å². The number of aromatic nitrogens is 1. The number of pyridine rings is 1. The second-order valence-electron chi connectivity index (χ2n) is 6.76. The van der Waals surface area contributed by atoms with Gasteiger partial charge in [-0.25, -0.2) is 13.8 Å². The zero-order valence-electron chi connectivity index (χ0n) is 15.9. The standard InChI is InChI=1S/C22H19F2N3O2/c1-12-5-19(3-4-20(12)15-6-16(11-28)21(25)26-10-15)27-22(29)13(2)14-7-17(23)9-18(24)8-14/h3-11,13H,1-2H3,(H2,25,26)(H,27,29). The van der Waals surface area contributed by atoms with Gasteiger partial charge in [0.1, 0.15) is 17.5 Å². The van der Waals surface area contributed by atoms with E-state index in [-0.39, 0.29) is 17.3 Å². The van der Waals surface area contributed by atoms with Gasteiger partial charge < -0.3 is 11.1 Å². The molecule has 0 aliphatic heterocycles. The van der Waals surface area contributed by atoms with Crippen LogP contribution in [0.5, 0.6) is 0 Å². The first-order valence-corrected chi connectivity index (χ1v) is 8.87. The Morgan fingerprint density at radius 3 is 2.45 bits per heavy atom. The lowest BCUT2D eigenvalue weighted by molar-refractivity contribution is -0.117. The van der Waals surface area contributed by atoms with Crippen molar-refractivity contribution in [2.24, 2.45) is 0 Å². The molecule has 1 amide bonds.